The second-order valence-corrected chi connectivity index (χ2v) is 5.17. The zero-order valence-corrected chi connectivity index (χ0v) is 12.9. The minimum Gasteiger partial charge on any atom is -1.00 e. The van der Waals surface area contributed by atoms with Gasteiger partial charge in [0.2, 0.25) is 0 Å². The molecule has 1 aromatic carbocycles. The number of benzene rings is 1. The minimum absolute atomic E-state index is 0. The number of rotatable bonds is 3. The highest BCUT2D eigenvalue weighted by molar-refractivity contribution is 5.84. The number of methoxy groups -OCH3 is 1. The summed E-state index contributed by atoms with van der Waals surface area (Å²) in [5.74, 6) is 0.912. The van der Waals surface area contributed by atoms with Gasteiger partial charge in [-0.2, -0.15) is 0 Å². The maximum atomic E-state index is 5.26. The maximum absolute atomic E-state index is 5.26. The van der Waals surface area contributed by atoms with Crippen molar-refractivity contribution < 1.29 is 33.2 Å². The summed E-state index contributed by atoms with van der Waals surface area (Å²) in [4.78, 5) is 3.30. The summed E-state index contributed by atoms with van der Waals surface area (Å²) >= 11 is 0. The fourth-order valence-corrected chi connectivity index (χ4v) is 1.93. The van der Waals surface area contributed by atoms with E-state index in [1.165, 1.54) is 16.5 Å². The average molecular weight is 346 g/mol. The predicted molar refractivity (Wildman–Crippen MR) is 66.6 cm³/mol. The van der Waals surface area contributed by atoms with Crippen LogP contribution in [0.3, 0.4) is 0 Å². The summed E-state index contributed by atoms with van der Waals surface area (Å²) in [6.45, 7) is 1.01. The number of fused-ring (bicyclic) bond motifs is 1. The SMILES string of the molecule is COc1ccc2[nH]cc(C[N+](C)(C)C)c2c1.[I-]. The quantitative estimate of drug-likeness (QED) is 0.582. The average Bonchev–Trinajstić information content (AvgIpc) is 2.58. The van der Waals surface area contributed by atoms with Gasteiger partial charge in [-0.15, -0.1) is 0 Å². The number of hydrogen-bond acceptors (Lipinski definition) is 1. The third-order valence-corrected chi connectivity index (χ3v) is 2.62. The van der Waals surface area contributed by atoms with Crippen molar-refractivity contribution in [2.75, 3.05) is 28.3 Å². The number of nitrogens with zero attached hydrogens (tertiary/aromatic N) is 1. The van der Waals surface area contributed by atoms with E-state index in [0.717, 1.165) is 16.8 Å². The monoisotopic (exact) mass is 346 g/mol. The molecule has 3 nitrogen and oxygen atoms in total. The van der Waals surface area contributed by atoms with Crippen molar-refractivity contribution in [3.8, 4) is 5.75 Å². The Kier molecular flexibility index (Phi) is 4.43. The molecular weight excluding hydrogens is 327 g/mol. The largest absolute Gasteiger partial charge is 1.00 e. The van der Waals surface area contributed by atoms with Crippen LogP contribution < -0.4 is 28.7 Å². The lowest BCUT2D eigenvalue weighted by atomic mass is 10.1. The molecule has 0 aliphatic rings. The second kappa shape index (κ2) is 5.27. The van der Waals surface area contributed by atoms with Crippen LogP contribution >= 0.6 is 0 Å². The highest BCUT2D eigenvalue weighted by Gasteiger charge is 2.13. The third kappa shape index (κ3) is 3.35. The Morgan fingerprint density at radius 1 is 1.24 bits per heavy atom. The first kappa shape index (κ1) is 14.3. The third-order valence-electron chi connectivity index (χ3n) is 2.62. The molecule has 0 aliphatic carbocycles. The summed E-state index contributed by atoms with van der Waals surface area (Å²) in [7, 11) is 8.28. The van der Waals surface area contributed by atoms with Gasteiger partial charge >= 0.3 is 0 Å². The predicted octanol–water partition coefficient (Wildman–Crippen LogP) is -0.613. The summed E-state index contributed by atoms with van der Waals surface area (Å²) in [6, 6.07) is 6.14. The van der Waals surface area contributed by atoms with Crippen LogP contribution in [0, 0.1) is 0 Å². The Morgan fingerprint density at radius 3 is 2.53 bits per heavy atom. The molecule has 2 rings (SSSR count). The normalized spacial score (nSPS) is 11.3. The highest BCUT2D eigenvalue weighted by Crippen LogP contribution is 2.24. The van der Waals surface area contributed by atoms with Gasteiger partial charge in [0.05, 0.1) is 28.3 Å². The second-order valence-electron chi connectivity index (χ2n) is 5.17. The van der Waals surface area contributed by atoms with Gasteiger partial charge < -0.3 is 38.2 Å². The molecule has 0 aliphatic heterocycles. The molecule has 2 aromatic rings. The molecule has 0 bridgehead atoms. The first-order valence-corrected chi connectivity index (χ1v) is 5.44. The topological polar surface area (TPSA) is 25.0 Å². The summed E-state index contributed by atoms with van der Waals surface area (Å²) < 4.78 is 6.18. The van der Waals surface area contributed by atoms with Gasteiger partial charge in [-0.1, -0.05) is 0 Å². The van der Waals surface area contributed by atoms with Crippen molar-refractivity contribution in [1.82, 2.24) is 4.98 Å². The number of aromatic nitrogens is 1. The number of hydrogen-bond donors (Lipinski definition) is 1. The van der Waals surface area contributed by atoms with Crippen molar-refractivity contribution in [1.29, 1.82) is 0 Å². The van der Waals surface area contributed by atoms with Crippen molar-refractivity contribution in [3.63, 3.8) is 0 Å². The maximum Gasteiger partial charge on any atom is 0.119 e. The summed E-state index contributed by atoms with van der Waals surface area (Å²) in [6.07, 6.45) is 2.09. The molecule has 0 atom stereocenters. The number of nitrogens with one attached hydrogen (secondary N) is 1. The molecule has 17 heavy (non-hydrogen) atoms. The van der Waals surface area contributed by atoms with E-state index in [0.29, 0.717) is 0 Å². The van der Waals surface area contributed by atoms with Crippen molar-refractivity contribution in [2.24, 2.45) is 0 Å². The fraction of sp³-hybridized carbons (Fsp3) is 0.385. The summed E-state index contributed by atoms with van der Waals surface area (Å²) in [5, 5.41) is 1.26. The molecule has 0 fully saturated rings. The molecule has 0 amide bonds. The lowest BCUT2D eigenvalue weighted by Crippen LogP contribution is -3.00. The van der Waals surface area contributed by atoms with Crippen LogP contribution in [-0.2, 0) is 6.54 Å². The van der Waals surface area contributed by atoms with Gasteiger partial charge in [-0.05, 0) is 18.2 Å². The molecule has 0 saturated carbocycles. The van der Waals surface area contributed by atoms with Crippen LogP contribution in [-0.4, -0.2) is 37.7 Å². The van der Waals surface area contributed by atoms with Crippen LogP contribution in [0.4, 0.5) is 0 Å². The molecule has 0 unspecified atom stereocenters. The molecular formula is C13H19IN2O. The van der Waals surface area contributed by atoms with Crippen LogP contribution in [0.2, 0.25) is 0 Å². The van der Waals surface area contributed by atoms with E-state index < -0.39 is 0 Å². The van der Waals surface area contributed by atoms with Crippen LogP contribution in [0.5, 0.6) is 5.75 Å². The Morgan fingerprint density at radius 2 is 1.94 bits per heavy atom. The van der Waals surface area contributed by atoms with E-state index >= 15 is 0 Å². The van der Waals surface area contributed by atoms with Crippen LogP contribution in [0.15, 0.2) is 24.4 Å². The van der Waals surface area contributed by atoms with Crippen LogP contribution in [0.25, 0.3) is 10.9 Å². The van der Waals surface area contributed by atoms with E-state index in [4.69, 9.17) is 4.74 Å². The number of quaternary nitrogens is 1. The number of halogens is 1. The molecule has 4 heteroatoms. The van der Waals surface area contributed by atoms with Crippen molar-refractivity contribution >= 4 is 10.9 Å². The standard InChI is InChI=1S/C13H19N2O.HI/c1-15(2,3)9-10-8-14-13-6-5-11(16-4)7-12(10)13;/h5-8,14H,9H2,1-4H3;1H/q+1;/p-1. The van der Waals surface area contributed by atoms with Crippen LogP contribution in [0.1, 0.15) is 5.56 Å². The van der Waals surface area contributed by atoms with E-state index in [-0.39, 0.29) is 24.0 Å². The molecule has 1 heterocycles. The lowest BCUT2D eigenvalue weighted by molar-refractivity contribution is -0.883. The first-order valence-electron chi connectivity index (χ1n) is 5.44. The van der Waals surface area contributed by atoms with Gasteiger partial charge in [0.15, 0.2) is 0 Å². The minimum atomic E-state index is 0. The fourth-order valence-electron chi connectivity index (χ4n) is 1.93. The molecule has 0 radical (unpaired) electrons. The molecule has 0 saturated heterocycles. The smallest absolute Gasteiger partial charge is 0.119 e. The molecule has 0 spiro atoms. The number of ether oxygens (including phenoxy) is 1. The van der Waals surface area contributed by atoms with E-state index in [2.05, 4.69) is 44.5 Å². The molecule has 1 aromatic heterocycles. The number of H-pyrrole nitrogens is 1. The van der Waals surface area contributed by atoms with Gasteiger partial charge in [0.1, 0.15) is 12.3 Å². The van der Waals surface area contributed by atoms with E-state index in [1.807, 2.05) is 6.07 Å². The highest BCUT2D eigenvalue weighted by atomic mass is 127. The van der Waals surface area contributed by atoms with Gasteiger partial charge in [0.25, 0.3) is 0 Å². The van der Waals surface area contributed by atoms with Crippen molar-refractivity contribution in [2.45, 2.75) is 6.54 Å². The zero-order chi connectivity index (χ0) is 11.8. The lowest BCUT2D eigenvalue weighted by Gasteiger charge is -2.23. The molecule has 94 valence electrons. The Bertz CT molecular complexity index is 500. The Balaban J connectivity index is 0.00000144. The first-order chi connectivity index (χ1) is 7.49. The number of aromatic amines is 1. The Labute approximate surface area is 119 Å². The zero-order valence-electron chi connectivity index (χ0n) is 10.7. The van der Waals surface area contributed by atoms with E-state index in [1.54, 1.807) is 7.11 Å². The van der Waals surface area contributed by atoms with E-state index in [9.17, 15) is 0 Å². The van der Waals surface area contributed by atoms with Crippen molar-refractivity contribution in [3.05, 3.63) is 30.0 Å². The van der Waals surface area contributed by atoms with Gasteiger partial charge in [0, 0.05) is 22.7 Å². The van der Waals surface area contributed by atoms with Gasteiger partial charge in [-0.25, -0.2) is 0 Å². The molecule has 1 N–H and O–H groups in total. The van der Waals surface area contributed by atoms with Gasteiger partial charge in [-0.3, -0.25) is 0 Å². The Hall–Kier alpha value is -0.750. The summed E-state index contributed by atoms with van der Waals surface area (Å²) in [5.41, 5.74) is 2.51.